The number of rotatable bonds is 4. The van der Waals surface area contributed by atoms with E-state index in [1.165, 1.54) is 7.05 Å². The number of benzene rings is 2. The molecule has 2 N–H and O–H groups in total. The summed E-state index contributed by atoms with van der Waals surface area (Å²) >= 11 is 0. The van der Waals surface area contributed by atoms with Crippen LogP contribution in [0.1, 0.15) is 29.2 Å². The van der Waals surface area contributed by atoms with E-state index < -0.39 is 6.09 Å². The molecule has 0 bridgehead atoms. The maximum absolute atomic E-state index is 11.6. The van der Waals surface area contributed by atoms with Crippen LogP contribution >= 0.6 is 0 Å². The second kappa shape index (κ2) is 7.45. The zero-order valence-electron chi connectivity index (χ0n) is 13.5. The van der Waals surface area contributed by atoms with Gasteiger partial charge in [0.25, 0.3) is 0 Å². The highest BCUT2D eigenvalue weighted by molar-refractivity contribution is 5.99. The van der Waals surface area contributed by atoms with Crippen molar-refractivity contribution in [3.8, 4) is 5.75 Å². The van der Waals surface area contributed by atoms with Gasteiger partial charge in [-0.05, 0) is 30.5 Å². The average molecular weight is 312 g/mol. The van der Waals surface area contributed by atoms with Gasteiger partial charge in [-0.3, -0.25) is 0 Å². The Kier molecular flexibility index (Phi) is 5.36. The molecule has 0 spiro atoms. The van der Waals surface area contributed by atoms with E-state index in [4.69, 9.17) is 9.94 Å². The van der Waals surface area contributed by atoms with Crippen molar-refractivity contribution in [1.29, 1.82) is 0 Å². The van der Waals surface area contributed by atoms with E-state index >= 15 is 0 Å². The number of carbonyl (C=O) groups excluding carboxylic acids is 1. The quantitative estimate of drug-likeness (QED) is 0.515. The van der Waals surface area contributed by atoms with Gasteiger partial charge in [0.1, 0.15) is 5.75 Å². The van der Waals surface area contributed by atoms with E-state index in [1.54, 1.807) is 6.92 Å². The molecule has 0 atom stereocenters. The van der Waals surface area contributed by atoms with Crippen molar-refractivity contribution in [2.24, 2.45) is 5.16 Å². The van der Waals surface area contributed by atoms with Crippen LogP contribution in [0, 0.1) is 6.92 Å². The summed E-state index contributed by atoms with van der Waals surface area (Å²) in [6.07, 6.45) is 0.0683. The Morgan fingerprint density at radius 3 is 2.57 bits per heavy atom. The van der Waals surface area contributed by atoms with Crippen LogP contribution < -0.4 is 10.1 Å². The van der Waals surface area contributed by atoms with Crippen LogP contribution in [0.15, 0.2) is 47.6 Å². The van der Waals surface area contributed by atoms with Crippen molar-refractivity contribution in [2.75, 3.05) is 7.05 Å². The molecule has 0 radical (unpaired) electrons. The van der Waals surface area contributed by atoms with Crippen LogP contribution in [-0.4, -0.2) is 24.1 Å². The summed E-state index contributed by atoms with van der Waals surface area (Å²) in [6, 6.07) is 13.4. The van der Waals surface area contributed by atoms with Crippen LogP contribution in [0.4, 0.5) is 4.79 Å². The summed E-state index contributed by atoms with van der Waals surface area (Å²) in [4.78, 5) is 11.6. The van der Waals surface area contributed by atoms with Gasteiger partial charge in [0.2, 0.25) is 0 Å². The fraction of sp³-hybridized carbons (Fsp3) is 0.222. The molecule has 5 nitrogen and oxygen atoms in total. The molecule has 5 heteroatoms. The van der Waals surface area contributed by atoms with E-state index in [1.807, 2.05) is 49.4 Å². The predicted octanol–water partition coefficient (Wildman–Crippen LogP) is 3.50. The molecule has 0 aliphatic heterocycles. The molecule has 0 aromatic heterocycles. The molecule has 0 aliphatic carbocycles. The van der Waals surface area contributed by atoms with Crippen molar-refractivity contribution in [1.82, 2.24) is 5.32 Å². The van der Waals surface area contributed by atoms with E-state index in [0.717, 1.165) is 22.3 Å². The highest BCUT2D eigenvalue weighted by Crippen LogP contribution is 2.27. The zero-order chi connectivity index (χ0) is 16.8. The third kappa shape index (κ3) is 3.88. The summed E-state index contributed by atoms with van der Waals surface area (Å²) in [5.41, 5.74) is 4.18. The van der Waals surface area contributed by atoms with Gasteiger partial charge in [-0.25, -0.2) is 4.79 Å². The standard InChI is InChI=1S/C18H20N2O3/c1-12-7-6-9-15(17(12)23-18(21)19-3)11-14-8-4-5-10-16(14)13(2)20-22/h4-10,22H,11H2,1-3H3,(H,19,21). The molecule has 0 heterocycles. The normalized spacial score (nSPS) is 11.2. The number of oxime groups is 1. The second-order valence-electron chi connectivity index (χ2n) is 5.22. The van der Waals surface area contributed by atoms with Gasteiger partial charge in [-0.15, -0.1) is 0 Å². The molecule has 0 aliphatic rings. The Morgan fingerprint density at radius 2 is 1.87 bits per heavy atom. The Hall–Kier alpha value is -2.82. The minimum Gasteiger partial charge on any atom is -0.411 e. The molecule has 1 amide bonds. The molecule has 0 saturated carbocycles. The van der Waals surface area contributed by atoms with E-state index in [-0.39, 0.29) is 0 Å². The van der Waals surface area contributed by atoms with E-state index in [9.17, 15) is 4.79 Å². The van der Waals surface area contributed by atoms with Crippen LogP contribution in [0.5, 0.6) is 5.75 Å². The Morgan fingerprint density at radius 1 is 1.17 bits per heavy atom. The minimum absolute atomic E-state index is 0.498. The molecular weight excluding hydrogens is 292 g/mol. The number of aryl methyl sites for hydroxylation is 1. The van der Waals surface area contributed by atoms with E-state index in [2.05, 4.69) is 10.5 Å². The number of amides is 1. The van der Waals surface area contributed by atoms with Gasteiger partial charge in [0.05, 0.1) is 5.71 Å². The summed E-state index contributed by atoms with van der Waals surface area (Å²) in [6.45, 7) is 3.64. The third-order valence-corrected chi connectivity index (χ3v) is 3.63. The number of carbonyl (C=O) groups is 1. The van der Waals surface area contributed by atoms with Crippen LogP contribution in [0.3, 0.4) is 0 Å². The lowest BCUT2D eigenvalue weighted by atomic mass is 9.96. The number of hydrogen-bond donors (Lipinski definition) is 2. The minimum atomic E-state index is -0.498. The predicted molar refractivity (Wildman–Crippen MR) is 89.5 cm³/mol. The van der Waals surface area contributed by atoms with Gasteiger partial charge in [-0.1, -0.05) is 47.6 Å². The molecular formula is C18H20N2O3. The van der Waals surface area contributed by atoms with Gasteiger partial charge < -0.3 is 15.3 Å². The van der Waals surface area contributed by atoms with Gasteiger partial charge in [0, 0.05) is 19.0 Å². The van der Waals surface area contributed by atoms with Crippen molar-refractivity contribution in [3.63, 3.8) is 0 Å². The lowest BCUT2D eigenvalue weighted by molar-refractivity contribution is 0.202. The maximum atomic E-state index is 11.6. The molecule has 2 aromatic carbocycles. The van der Waals surface area contributed by atoms with Crippen molar-refractivity contribution in [3.05, 3.63) is 64.7 Å². The number of para-hydroxylation sites is 1. The SMILES string of the molecule is CNC(=O)Oc1c(C)cccc1Cc1ccccc1C(C)=NO. The number of hydrogen-bond acceptors (Lipinski definition) is 4. The first-order chi connectivity index (χ1) is 11.1. The molecule has 0 saturated heterocycles. The first kappa shape index (κ1) is 16.5. The average Bonchev–Trinajstić information content (AvgIpc) is 2.57. The van der Waals surface area contributed by atoms with Gasteiger partial charge in [0.15, 0.2) is 0 Å². The molecule has 0 fully saturated rings. The van der Waals surface area contributed by atoms with Crippen LogP contribution in [0.2, 0.25) is 0 Å². The van der Waals surface area contributed by atoms with Crippen molar-refractivity contribution >= 4 is 11.8 Å². The Labute approximate surface area is 135 Å². The monoisotopic (exact) mass is 312 g/mol. The van der Waals surface area contributed by atoms with E-state index in [0.29, 0.717) is 17.9 Å². The first-order valence-corrected chi connectivity index (χ1v) is 7.31. The maximum Gasteiger partial charge on any atom is 0.412 e. The highest BCUT2D eigenvalue weighted by Gasteiger charge is 2.13. The number of nitrogens with one attached hydrogen (secondary N) is 1. The molecule has 120 valence electrons. The van der Waals surface area contributed by atoms with Crippen molar-refractivity contribution in [2.45, 2.75) is 20.3 Å². The Bertz CT molecular complexity index is 739. The molecule has 2 aromatic rings. The third-order valence-electron chi connectivity index (χ3n) is 3.63. The highest BCUT2D eigenvalue weighted by atomic mass is 16.6. The van der Waals surface area contributed by atoms with Gasteiger partial charge >= 0.3 is 6.09 Å². The molecule has 2 rings (SSSR count). The summed E-state index contributed by atoms with van der Waals surface area (Å²) in [5.74, 6) is 0.556. The smallest absolute Gasteiger partial charge is 0.411 e. The largest absolute Gasteiger partial charge is 0.412 e. The lowest BCUT2D eigenvalue weighted by Crippen LogP contribution is -2.23. The second-order valence-corrected chi connectivity index (χ2v) is 5.22. The fourth-order valence-corrected chi connectivity index (χ4v) is 2.43. The molecule has 23 heavy (non-hydrogen) atoms. The number of ether oxygens (including phenoxy) is 1. The van der Waals surface area contributed by atoms with Crippen molar-refractivity contribution < 1.29 is 14.7 Å². The first-order valence-electron chi connectivity index (χ1n) is 7.31. The fourth-order valence-electron chi connectivity index (χ4n) is 2.43. The summed E-state index contributed by atoms with van der Waals surface area (Å²) < 4.78 is 5.39. The lowest BCUT2D eigenvalue weighted by Gasteiger charge is -2.14. The van der Waals surface area contributed by atoms with Gasteiger partial charge in [-0.2, -0.15) is 0 Å². The summed E-state index contributed by atoms with van der Waals surface area (Å²) in [7, 11) is 1.52. The summed E-state index contributed by atoms with van der Waals surface area (Å²) in [5, 5.41) is 14.8. The molecule has 0 unspecified atom stereocenters. The number of nitrogens with zero attached hydrogens (tertiary/aromatic N) is 1. The topological polar surface area (TPSA) is 70.9 Å². The Balaban J connectivity index is 2.42. The van der Waals surface area contributed by atoms with Crippen LogP contribution in [0.25, 0.3) is 0 Å². The van der Waals surface area contributed by atoms with Crippen LogP contribution in [-0.2, 0) is 6.42 Å². The zero-order valence-corrected chi connectivity index (χ0v) is 13.5.